The Balaban J connectivity index is 1.62. The number of nitrogens with one attached hydrogen (secondary N) is 1. The molecule has 3 rings (SSSR count). The fourth-order valence-corrected chi connectivity index (χ4v) is 4.04. The third-order valence-electron chi connectivity index (χ3n) is 5.84. The second kappa shape index (κ2) is 9.94. The number of carbonyl (C=O) groups excluding carboxylic acids is 2. The van der Waals surface area contributed by atoms with Crippen molar-refractivity contribution in [2.24, 2.45) is 5.92 Å². The van der Waals surface area contributed by atoms with E-state index in [0.717, 1.165) is 37.1 Å². The number of piperidine rings is 1. The lowest BCUT2D eigenvalue weighted by atomic mass is 9.89. The summed E-state index contributed by atoms with van der Waals surface area (Å²) in [6, 6.07) is 11.0. The quantitative estimate of drug-likeness (QED) is 0.630. The SMILES string of the molecule is CC(C)C(NC(=O)c1ccc(C(F)(F)F)cc1)C(=O)N1CCC(c2ccc(Cl)cc2)CC1. The van der Waals surface area contributed by atoms with Gasteiger partial charge in [0.15, 0.2) is 0 Å². The molecule has 4 nitrogen and oxygen atoms in total. The van der Waals surface area contributed by atoms with E-state index in [1.54, 1.807) is 4.90 Å². The second-order valence-corrected chi connectivity index (χ2v) is 8.86. The van der Waals surface area contributed by atoms with Gasteiger partial charge in [-0.2, -0.15) is 13.2 Å². The van der Waals surface area contributed by atoms with E-state index < -0.39 is 23.7 Å². The van der Waals surface area contributed by atoms with Gasteiger partial charge in [0.25, 0.3) is 5.91 Å². The molecule has 0 aliphatic carbocycles. The lowest BCUT2D eigenvalue weighted by Gasteiger charge is -2.35. The van der Waals surface area contributed by atoms with Crippen molar-refractivity contribution in [2.75, 3.05) is 13.1 Å². The van der Waals surface area contributed by atoms with Crippen molar-refractivity contribution in [3.05, 3.63) is 70.2 Å². The number of halogens is 4. The number of nitrogens with zero attached hydrogens (tertiary/aromatic N) is 1. The number of alkyl halides is 3. The largest absolute Gasteiger partial charge is 0.416 e. The van der Waals surface area contributed by atoms with E-state index in [-0.39, 0.29) is 17.4 Å². The van der Waals surface area contributed by atoms with E-state index in [0.29, 0.717) is 24.0 Å². The zero-order valence-corrected chi connectivity index (χ0v) is 18.7. The minimum absolute atomic E-state index is 0.0814. The van der Waals surface area contributed by atoms with Crippen LogP contribution in [0.1, 0.15) is 54.1 Å². The molecular weight excluding hydrogens is 441 g/mol. The molecule has 0 aromatic heterocycles. The highest BCUT2D eigenvalue weighted by Crippen LogP contribution is 2.30. The normalized spacial score (nSPS) is 16.2. The van der Waals surface area contributed by atoms with Gasteiger partial charge in [-0.3, -0.25) is 9.59 Å². The number of benzene rings is 2. The monoisotopic (exact) mass is 466 g/mol. The van der Waals surface area contributed by atoms with E-state index in [1.807, 2.05) is 38.1 Å². The molecule has 1 heterocycles. The standard InChI is InChI=1S/C24H26ClF3N2O2/c1-15(2)21(29-22(31)18-3-7-19(8-4-18)24(26,27)28)23(32)30-13-11-17(12-14-30)16-5-9-20(25)10-6-16/h3-10,15,17,21H,11-14H2,1-2H3,(H,29,31). The van der Waals surface area contributed by atoms with Gasteiger partial charge < -0.3 is 10.2 Å². The van der Waals surface area contributed by atoms with Crippen LogP contribution in [0.3, 0.4) is 0 Å². The summed E-state index contributed by atoms with van der Waals surface area (Å²) in [5.41, 5.74) is 0.449. The molecule has 2 aromatic carbocycles. The molecule has 172 valence electrons. The summed E-state index contributed by atoms with van der Waals surface area (Å²) in [6.07, 6.45) is -2.85. The number of rotatable bonds is 5. The summed E-state index contributed by atoms with van der Waals surface area (Å²) in [6.45, 7) is 4.81. The number of hydrogen-bond donors (Lipinski definition) is 1. The fraction of sp³-hybridized carbons (Fsp3) is 0.417. The minimum atomic E-state index is -4.47. The Hall–Kier alpha value is -2.54. The van der Waals surface area contributed by atoms with Crippen LogP contribution in [0.5, 0.6) is 0 Å². The highest BCUT2D eigenvalue weighted by Gasteiger charge is 2.33. The van der Waals surface area contributed by atoms with Gasteiger partial charge in [-0.05, 0) is 66.6 Å². The first-order valence-electron chi connectivity index (χ1n) is 10.6. The predicted molar refractivity (Wildman–Crippen MR) is 118 cm³/mol. The lowest BCUT2D eigenvalue weighted by Crippen LogP contribution is -2.52. The molecule has 8 heteroatoms. The Morgan fingerprint density at radius 3 is 2.06 bits per heavy atom. The van der Waals surface area contributed by atoms with Crippen molar-refractivity contribution in [1.29, 1.82) is 0 Å². The van der Waals surface area contributed by atoms with Crippen LogP contribution < -0.4 is 5.32 Å². The summed E-state index contributed by atoms with van der Waals surface area (Å²) in [7, 11) is 0. The van der Waals surface area contributed by atoms with Crippen LogP contribution >= 0.6 is 11.6 Å². The number of amides is 2. The molecule has 1 atom stereocenters. The lowest BCUT2D eigenvalue weighted by molar-refractivity contribution is -0.137. The van der Waals surface area contributed by atoms with Crippen LogP contribution in [-0.4, -0.2) is 35.8 Å². The van der Waals surface area contributed by atoms with E-state index in [2.05, 4.69) is 5.32 Å². The Morgan fingerprint density at radius 2 is 1.56 bits per heavy atom. The predicted octanol–water partition coefficient (Wildman–Crippen LogP) is 5.52. The molecule has 1 aliphatic rings. The zero-order valence-electron chi connectivity index (χ0n) is 18.0. The summed E-state index contributed by atoms with van der Waals surface area (Å²) < 4.78 is 38.2. The Bertz CT molecular complexity index is 935. The van der Waals surface area contributed by atoms with Gasteiger partial charge in [0.1, 0.15) is 6.04 Å². The fourth-order valence-electron chi connectivity index (χ4n) is 3.91. The zero-order chi connectivity index (χ0) is 23.5. The molecule has 0 saturated carbocycles. The van der Waals surface area contributed by atoms with Crippen LogP contribution in [0.4, 0.5) is 13.2 Å². The molecule has 2 amide bonds. The Kier molecular flexibility index (Phi) is 7.49. The smallest absolute Gasteiger partial charge is 0.341 e. The molecule has 1 unspecified atom stereocenters. The third kappa shape index (κ3) is 5.82. The van der Waals surface area contributed by atoms with Gasteiger partial charge in [0.05, 0.1) is 5.56 Å². The molecule has 1 aliphatic heterocycles. The van der Waals surface area contributed by atoms with Gasteiger partial charge in [0.2, 0.25) is 5.91 Å². The van der Waals surface area contributed by atoms with Gasteiger partial charge in [-0.15, -0.1) is 0 Å². The number of carbonyl (C=O) groups is 2. The Morgan fingerprint density at radius 1 is 1.00 bits per heavy atom. The van der Waals surface area contributed by atoms with Crippen molar-refractivity contribution in [2.45, 2.75) is 44.8 Å². The molecular formula is C24H26ClF3N2O2. The molecule has 1 N–H and O–H groups in total. The average molecular weight is 467 g/mol. The molecule has 0 radical (unpaired) electrons. The van der Waals surface area contributed by atoms with E-state index in [4.69, 9.17) is 11.6 Å². The summed E-state index contributed by atoms with van der Waals surface area (Å²) in [5, 5.41) is 3.40. The maximum absolute atomic E-state index is 13.1. The maximum atomic E-state index is 13.1. The van der Waals surface area contributed by atoms with E-state index in [9.17, 15) is 22.8 Å². The first-order chi connectivity index (χ1) is 15.1. The van der Waals surface area contributed by atoms with Crippen LogP contribution in [0.25, 0.3) is 0 Å². The van der Waals surface area contributed by atoms with Gasteiger partial charge in [0, 0.05) is 23.7 Å². The highest BCUT2D eigenvalue weighted by molar-refractivity contribution is 6.30. The van der Waals surface area contributed by atoms with Crippen LogP contribution in [0.2, 0.25) is 5.02 Å². The van der Waals surface area contributed by atoms with Gasteiger partial charge in [-0.1, -0.05) is 37.6 Å². The number of hydrogen-bond acceptors (Lipinski definition) is 2. The molecule has 32 heavy (non-hydrogen) atoms. The molecule has 1 fully saturated rings. The van der Waals surface area contributed by atoms with Crippen molar-refractivity contribution in [3.63, 3.8) is 0 Å². The molecule has 1 saturated heterocycles. The van der Waals surface area contributed by atoms with Gasteiger partial charge in [-0.25, -0.2) is 0 Å². The van der Waals surface area contributed by atoms with Crippen LogP contribution in [0.15, 0.2) is 48.5 Å². The third-order valence-corrected chi connectivity index (χ3v) is 6.09. The highest BCUT2D eigenvalue weighted by atomic mass is 35.5. The topological polar surface area (TPSA) is 49.4 Å². The first kappa shape index (κ1) is 24.1. The van der Waals surface area contributed by atoms with Crippen LogP contribution in [0, 0.1) is 5.92 Å². The van der Waals surface area contributed by atoms with E-state index >= 15 is 0 Å². The first-order valence-corrected chi connectivity index (χ1v) is 11.0. The molecule has 2 aromatic rings. The van der Waals surface area contributed by atoms with Gasteiger partial charge >= 0.3 is 6.18 Å². The van der Waals surface area contributed by atoms with Crippen molar-refractivity contribution in [1.82, 2.24) is 10.2 Å². The Labute approximate surface area is 190 Å². The molecule has 0 bridgehead atoms. The summed E-state index contributed by atoms with van der Waals surface area (Å²) in [4.78, 5) is 27.5. The summed E-state index contributed by atoms with van der Waals surface area (Å²) >= 11 is 5.96. The molecule has 0 spiro atoms. The number of likely N-dealkylation sites (tertiary alicyclic amines) is 1. The maximum Gasteiger partial charge on any atom is 0.416 e. The van der Waals surface area contributed by atoms with Crippen molar-refractivity contribution < 1.29 is 22.8 Å². The van der Waals surface area contributed by atoms with Crippen molar-refractivity contribution >= 4 is 23.4 Å². The average Bonchev–Trinajstić information content (AvgIpc) is 2.77. The summed E-state index contributed by atoms with van der Waals surface area (Å²) in [5.74, 6) is -0.568. The van der Waals surface area contributed by atoms with E-state index in [1.165, 1.54) is 5.56 Å². The minimum Gasteiger partial charge on any atom is -0.341 e. The van der Waals surface area contributed by atoms with Crippen molar-refractivity contribution in [3.8, 4) is 0 Å². The second-order valence-electron chi connectivity index (χ2n) is 8.42. The van der Waals surface area contributed by atoms with Crippen LogP contribution in [-0.2, 0) is 11.0 Å².